The summed E-state index contributed by atoms with van der Waals surface area (Å²) in [5.41, 5.74) is 1.28. The predicted molar refractivity (Wildman–Crippen MR) is 70.3 cm³/mol. The van der Waals surface area contributed by atoms with E-state index >= 15 is 0 Å². The van der Waals surface area contributed by atoms with Crippen LogP contribution in [0.25, 0.3) is 0 Å². The molecule has 1 fully saturated rings. The van der Waals surface area contributed by atoms with Gasteiger partial charge in [0, 0.05) is 19.8 Å². The van der Waals surface area contributed by atoms with Crippen molar-refractivity contribution >= 4 is 5.91 Å². The fraction of sp³-hybridized carbons (Fsp3) is 0.643. The molecule has 2 rings (SSSR count). The molecule has 0 aromatic carbocycles. The number of aryl methyl sites for hydroxylation is 1. The molecule has 0 saturated heterocycles. The molecule has 1 aliphatic rings. The molecule has 0 N–H and O–H groups in total. The van der Waals surface area contributed by atoms with Crippen LogP contribution in [-0.4, -0.2) is 34.4 Å². The van der Waals surface area contributed by atoms with Gasteiger partial charge in [-0.15, -0.1) is 0 Å². The summed E-state index contributed by atoms with van der Waals surface area (Å²) in [6.45, 7) is 2.71. The molecule has 18 heavy (non-hydrogen) atoms. The molecule has 98 valence electrons. The van der Waals surface area contributed by atoms with Crippen molar-refractivity contribution in [3.63, 3.8) is 0 Å². The van der Waals surface area contributed by atoms with Gasteiger partial charge in [-0.25, -0.2) is 4.98 Å². The fourth-order valence-corrected chi connectivity index (χ4v) is 2.54. The number of nitrogens with zero attached hydrogens (tertiary/aromatic N) is 3. The zero-order valence-corrected chi connectivity index (χ0v) is 11.2. The summed E-state index contributed by atoms with van der Waals surface area (Å²) in [5.74, 6) is 0.638. The molecule has 4 nitrogen and oxygen atoms in total. The fourth-order valence-electron chi connectivity index (χ4n) is 2.54. The molecule has 0 bridgehead atoms. The number of rotatable bonds is 3. The van der Waals surface area contributed by atoms with Gasteiger partial charge in [0.1, 0.15) is 5.69 Å². The molecule has 0 unspecified atom stereocenters. The van der Waals surface area contributed by atoms with E-state index in [1.54, 1.807) is 17.3 Å². The Balaban J connectivity index is 1.93. The van der Waals surface area contributed by atoms with Crippen molar-refractivity contribution in [2.24, 2.45) is 5.92 Å². The van der Waals surface area contributed by atoms with Gasteiger partial charge in [-0.3, -0.25) is 9.78 Å². The van der Waals surface area contributed by atoms with Gasteiger partial charge in [0.2, 0.25) is 0 Å². The highest BCUT2D eigenvalue weighted by Crippen LogP contribution is 2.24. The van der Waals surface area contributed by atoms with Crippen LogP contribution in [-0.2, 0) is 0 Å². The maximum atomic E-state index is 12.2. The van der Waals surface area contributed by atoms with Crippen LogP contribution in [0.15, 0.2) is 12.4 Å². The van der Waals surface area contributed by atoms with Gasteiger partial charge >= 0.3 is 0 Å². The topological polar surface area (TPSA) is 46.1 Å². The molecule has 0 spiro atoms. The average molecular weight is 247 g/mol. The van der Waals surface area contributed by atoms with E-state index in [1.165, 1.54) is 32.1 Å². The Kier molecular flexibility index (Phi) is 4.28. The monoisotopic (exact) mass is 247 g/mol. The summed E-state index contributed by atoms with van der Waals surface area (Å²) in [4.78, 5) is 22.2. The first-order valence-electron chi connectivity index (χ1n) is 6.71. The van der Waals surface area contributed by atoms with Crippen LogP contribution in [0.1, 0.15) is 48.3 Å². The van der Waals surface area contributed by atoms with Crippen molar-refractivity contribution in [2.75, 3.05) is 13.6 Å². The lowest BCUT2D eigenvalue weighted by Gasteiger charge is -2.26. The Morgan fingerprint density at radius 3 is 2.61 bits per heavy atom. The lowest BCUT2D eigenvalue weighted by molar-refractivity contribution is 0.0754. The van der Waals surface area contributed by atoms with Crippen LogP contribution in [0.4, 0.5) is 0 Å². The molecule has 1 aromatic rings. The molecule has 0 aliphatic heterocycles. The van der Waals surface area contributed by atoms with E-state index in [9.17, 15) is 4.79 Å². The van der Waals surface area contributed by atoms with E-state index in [-0.39, 0.29) is 5.91 Å². The molecular weight excluding hydrogens is 226 g/mol. The quantitative estimate of drug-likeness (QED) is 0.824. The molecule has 1 saturated carbocycles. The largest absolute Gasteiger partial charge is 0.340 e. The highest BCUT2D eigenvalue weighted by Gasteiger charge is 2.19. The second-order valence-electron chi connectivity index (χ2n) is 5.23. The lowest BCUT2D eigenvalue weighted by atomic mass is 9.89. The van der Waals surface area contributed by atoms with Crippen molar-refractivity contribution in [3.8, 4) is 0 Å². The van der Waals surface area contributed by atoms with Crippen molar-refractivity contribution < 1.29 is 4.79 Å². The van der Waals surface area contributed by atoms with Crippen LogP contribution >= 0.6 is 0 Å². The van der Waals surface area contributed by atoms with E-state index in [1.807, 2.05) is 14.0 Å². The maximum Gasteiger partial charge on any atom is 0.273 e. The van der Waals surface area contributed by atoms with Gasteiger partial charge in [0.05, 0.1) is 11.9 Å². The highest BCUT2D eigenvalue weighted by molar-refractivity contribution is 5.91. The summed E-state index contributed by atoms with van der Waals surface area (Å²) >= 11 is 0. The number of carbonyl (C=O) groups excluding carboxylic acids is 1. The first-order chi connectivity index (χ1) is 8.66. The van der Waals surface area contributed by atoms with Gasteiger partial charge in [-0.1, -0.05) is 19.3 Å². The Labute approximate surface area is 108 Å². The van der Waals surface area contributed by atoms with Crippen LogP contribution in [0, 0.1) is 12.8 Å². The SMILES string of the molecule is Cc1cnc(C(=O)N(C)CC2CCCCC2)cn1. The zero-order chi connectivity index (χ0) is 13.0. The minimum atomic E-state index is -0.0203. The number of carbonyl (C=O) groups is 1. The highest BCUT2D eigenvalue weighted by atomic mass is 16.2. The minimum absolute atomic E-state index is 0.0203. The van der Waals surface area contributed by atoms with Crippen molar-refractivity contribution in [3.05, 3.63) is 23.8 Å². The third-order valence-electron chi connectivity index (χ3n) is 3.60. The van der Waals surface area contributed by atoms with Crippen LogP contribution in [0.5, 0.6) is 0 Å². The summed E-state index contributed by atoms with van der Waals surface area (Å²) in [5, 5.41) is 0. The number of amides is 1. The summed E-state index contributed by atoms with van der Waals surface area (Å²) in [6.07, 6.45) is 9.65. The average Bonchev–Trinajstić information content (AvgIpc) is 2.40. The summed E-state index contributed by atoms with van der Waals surface area (Å²) < 4.78 is 0. The molecule has 1 aromatic heterocycles. The van der Waals surface area contributed by atoms with E-state index in [0.29, 0.717) is 11.6 Å². The minimum Gasteiger partial charge on any atom is -0.340 e. The van der Waals surface area contributed by atoms with E-state index in [2.05, 4.69) is 9.97 Å². The molecular formula is C14H21N3O. The van der Waals surface area contributed by atoms with Gasteiger partial charge < -0.3 is 4.90 Å². The smallest absolute Gasteiger partial charge is 0.273 e. The van der Waals surface area contributed by atoms with Crippen LogP contribution in [0.3, 0.4) is 0 Å². The molecule has 1 heterocycles. The normalized spacial score (nSPS) is 16.6. The third-order valence-corrected chi connectivity index (χ3v) is 3.60. The number of hydrogen-bond acceptors (Lipinski definition) is 3. The Morgan fingerprint density at radius 1 is 1.28 bits per heavy atom. The molecule has 0 radical (unpaired) electrons. The van der Waals surface area contributed by atoms with E-state index in [0.717, 1.165) is 12.2 Å². The number of aromatic nitrogens is 2. The molecule has 1 aliphatic carbocycles. The van der Waals surface area contributed by atoms with Crippen molar-refractivity contribution in [1.29, 1.82) is 0 Å². The molecule has 0 atom stereocenters. The standard InChI is InChI=1S/C14H21N3O/c1-11-8-16-13(9-15-11)14(18)17(2)10-12-6-4-3-5-7-12/h8-9,12H,3-7,10H2,1-2H3. The third kappa shape index (κ3) is 3.28. The van der Waals surface area contributed by atoms with Crippen LogP contribution in [0.2, 0.25) is 0 Å². The van der Waals surface area contributed by atoms with Crippen LogP contribution < -0.4 is 0 Å². The van der Waals surface area contributed by atoms with E-state index in [4.69, 9.17) is 0 Å². The Bertz CT molecular complexity index is 396. The molecule has 4 heteroatoms. The predicted octanol–water partition coefficient (Wildman–Crippen LogP) is 2.44. The first-order valence-corrected chi connectivity index (χ1v) is 6.71. The second-order valence-corrected chi connectivity index (χ2v) is 5.23. The Morgan fingerprint density at radius 2 is 2.00 bits per heavy atom. The van der Waals surface area contributed by atoms with Gasteiger partial charge in [-0.2, -0.15) is 0 Å². The molecule has 1 amide bonds. The van der Waals surface area contributed by atoms with Crippen molar-refractivity contribution in [1.82, 2.24) is 14.9 Å². The van der Waals surface area contributed by atoms with E-state index < -0.39 is 0 Å². The van der Waals surface area contributed by atoms with Gasteiger partial charge in [-0.05, 0) is 25.7 Å². The number of hydrogen-bond donors (Lipinski definition) is 0. The van der Waals surface area contributed by atoms with Gasteiger partial charge in [0.15, 0.2) is 0 Å². The maximum absolute atomic E-state index is 12.2. The zero-order valence-electron chi connectivity index (χ0n) is 11.2. The van der Waals surface area contributed by atoms with Crippen molar-refractivity contribution in [2.45, 2.75) is 39.0 Å². The Hall–Kier alpha value is -1.45. The van der Waals surface area contributed by atoms with Gasteiger partial charge in [0.25, 0.3) is 5.91 Å². The lowest BCUT2D eigenvalue weighted by Crippen LogP contribution is -2.33. The summed E-state index contributed by atoms with van der Waals surface area (Å²) in [7, 11) is 1.86. The summed E-state index contributed by atoms with van der Waals surface area (Å²) in [6, 6.07) is 0. The second kappa shape index (κ2) is 5.94. The first kappa shape index (κ1) is 13.0.